The molecule has 19 heavy (non-hydrogen) atoms. The van der Waals surface area contributed by atoms with Crippen LogP contribution in [0.3, 0.4) is 0 Å². The van der Waals surface area contributed by atoms with Gasteiger partial charge in [-0.05, 0) is 55.6 Å². The number of hydrogen-bond acceptors (Lipinski definition) is 2. The van der Waals surface area contributed by atoms with E-state index >= 15 is 0 Å². The molecule has 1 aliphatic carbocycles. The Morgan fingerprint density at radius 3 is 2.68 bits per heavy atom. The first-order valence-corrected chi connectivity index (χ1v) is 7.67. The van der Waals surface area contributed by atoms with Gasteiger partial charge >= 0.3 is 0 Å². The molecule has 0 spiro atoms. The average molecular weight is 261 g/mol. The molecule has 0 saturated heterocycles. The highest BCUT2D eigenvalue weighted by atomic mass is 16.3. The second-order valence-corrected chi connectivity index (χ2v) is 6.09. The van der Waals surface area contributed by atoms with Crippen LogP contribution in [0.25, 0.3) is 0 Å². The molecule has 2 nitrogen and oxygen atoms in total. The summed E-state index contributed by atoms with van der Waals surface area (Å²) in [5, 5.41) is 9.23. The molecule has 0 unspecified atom stereocenters. The predicted molar refractivity (Wildman–Crippen MR) is 80.0 cm³/mol. The van der Waals surface area contributed by atoms with Gasteiger partial charge in [0.25, 0.3) is 0 Å². The van der Waals surface area contributed by atoms with Gasteiger partial charge < -0.3 is 10.8 Å². The van der Waals surface area contributed by atoms with Gasteiger partial charge in [0.1, 0.15) is 0 Å². The summed E-state index contributed by atoms with van der Waals surface area (Å²) < 4.78 is 0. The van der Waals surface area contributed by atoms with E-state index in [1.165, 1.54) is 24.0 Å². The van der Waals surface area contributed by atoms with Crippen LogP contribution in [0.4, 0.5) is 0 Å². The summed E-state index contributed by atoms with van der Waals surface area (Å²) in [7, 11) is 0. The lowest BCUT2D eigenvalue weighted by molar-refractivity contribution is 0.153. The van der Waals surface area contributed by atoms with E-state index in [0.717, 1.165) is 32.1 Å². The molecule has 1 aromatic carbocycles. The van der Waals surface area contributed by atoms with Crippen molar-refractivity contribution in [1.82, 2.24) is 0 Å². The molecule has 1 aromatic rings. The molecule has 0 aromatic heterocycles. The summed E-state index contributed by atoms with van der Waals surface area (Å²) >= 11 is 0. The number of unbranched alkanes of at least 4 members (excludes halogenated alkanes) is 1. The summed E-state index contributed by atoms with van der Waals surface area (Å²) in [5.74, 6) is 0.458. The van der Waals surface area contributed by atoms with Crippen molar-refractivity contribution in [2.75, 3.05) is 6.61 Å². The van der Waals surface area contributed by atoms with Gasteiger partial charge in [0.05, 0.1) is 0 Å². The number of hydrogen-bond donors (Lipinski definition) is 2. The highest BCUT2D eigenvalue weighted by Gasteiger charge is 2.32. The molecule has 0 heterocycles. The molecule has 3 N–H and O–H groups in total. The van der Waals surface area contributed by atoms with Crippen molar-refractivity contribution in [3.8, 4) is 0 Å². The monoisotopic (exact) mass is 261 g/mol. The van der Waals surface area contributed by atoms with Gasteiger partial charge in [0.2, 0.25) is 0 Å². The lowest BCUT2D eigenvalue weighted by Gasteiger charge is -2.37. The first-order valence-electron chi connectivity index (χ1n) is 7.67. The van der Waals surface area contributed by atoms with Gasteiger partial charge in [0.15, 0.2) is 0 Å². The number of benzene rings is 1. The molecular weight excluding hydrogens is 234 g/mol. The van der Waals surface area contributed by atoms with Crippen LogP contribution in [-0.2, 0) is 12.0 Å². The van der Waals surface area contributed by atoms with Crippen molar-refractivity contribution in [2.24, 2.45) is 11.7 Å². The molecule has 2 heteroatoms. The van der Waals surface area contributed by atoms with Crippen molar-refractivity contribution in [2.45, 2.75) is 57.4 Å². The molecular formula is C17H27NO. The summed E-state index contributed by atoms with van der Waals surface area (Å²) in [6.07, 6.45) is 7.72. The Hall–Kier alpha value is -0.860. The lowest BCUT2D eigenvalue weighted by atomic mass is 9.73. The third kappa shape index (κ3) is 3.58. The standard InChI is InChI=1S/C17H27NO/c1-2-3-5-14-6-4-7-16(12-14)17(18)10-8-15(13-19)9-11-17/h4,6-7,12,15,19H,2-3,5,8-11,13,18H2,1H3. The fourth-order valence-electron chi connectivity index (χ4n) is 3.08. The number of rotatable bonds is 5. The number of nitrogens with two attached hydrogens (primary N) is 1. The van der Waals surface area contributed by atoms with Crippen molar-refractivity contribution < 1.29 is 5.11 Å². The Morgan fingerprint density at radius 1 is 1.32 bits per heavy atom. The van der Waals surface area contributed by atoms with E-state index in [9.17, 15) is 5.11 Å². The maximum absolute atomic E-state index is 9.23. The SMILES string of the molecule is CCCCc1cccc(C2(N)CCC(CO)CC2)c1. The second-order valence-electron chi connectivity index (χ2n) is 6.09. The largest absolute Gasteiger partial charge is 0.396 e. The van der Waals surface area contributed by atoms with Crippen molar-refractivity contribution in [3.63, 3.8) is 0 Å². The molecule has 0 bridgehead atoms. The van der Waals surface area contributed by atoms with Gasteiger partial charge in [-0.2, -0.15) is 0 Å². The van der Waals surface area contributed by atoms with E-state index in [4.69, 9.17) is 5.73 Å². The molecule has 106 valence electrons. The van der Waals surface area contributed by atoms with E-state index < -0.39 is 0 Å². The fourth-order valence-corrected chi connectivity index (χ4v) is 3.08. The maximum atomic E-state index is 9.23. The van der Waals surface area contributed by atoms with Gasteiger partial charge in [-0.15, -0.1) is 0 Å². The van der Waals surface area contributed by atoms with Crippen molar-refractivity contribution >= 4 is 0 Å². The Balaban J connectivity index is 2.08. The molecule has 0 radical (unpaired) electrons. The third-order valence-corrected chi connectivity index (χ3v) is 4.58. The van der Waals surface area contributed by atoms with Crippen LogP contribution >= 0.6 is 0 Å². The van der Waals surface area contributed by atoms with Crippen LogP contribution in [0.1, 0.15) is 56.6 Å². The van der Waals surface area contributed by atoms with Gasteiger partial charge in [0, 0.05) is 12.1 Å². The summed E-state index contributed by atoms with van der Waals surface area (Å²) in [6.45, 7) is 2.54. The minimum atomic E-state index is -0.173. The minimum Gasteiger partial charge on any atom is -0.396 e. The van der Waals surface area contributed by atoms with Crippen LogP contribution in [0.5, 0.6) is 0 Å². The molecule has 2 rings (SSSR count). The maximum Gasteiger partial charge on any atom is 0.0459 e. The normalized spacial score (nSPS) is 27.4. The summed E-state index contributed by atoms with van der Waals surface area (Å²) in [4.78, 5) is 0. The predicted octanol–water partition coefficient (Wildman–Crippen LogP) is 3.37. The van der Waals surface area contributed by atoms with Crippen molar-refractivity contribution in [3.05, 3.63) is 35.4 Å². The first-order chi connectivity index (χ1) is 9.18. The van der Waals surface area contributed by atoms with Crippen LogP contribution in [-0.4, -0.2) is 11.7 Å². The van der Waals surface area contributed by atoms with Gasteiger partial charge in [-0.3, -0.25) is 0 Å². The average Bonchev–Trinajstić information content (AvgIpc) is 2.46. The molecule has 0 atom stereocenters. The zero-order valence-electron chi connectivity index (χ0n) is 12.1. The van der Waals surface area contributed by atoms with Crippen LogP contribution in [0.15, 0.2) is 24.3 Å². The third-order valence-electron chi connectivity index (χ3n) is 4.58. The minimum absolute atomic E-state index is 0.173. The van der Waals surface area contributed by atoms with E-state index in [1.54, 1.807) is 0 Å². The molecule has 1 aliphatic rings. The second kappa shape index (κ2) is 6.53. The van der Waals surface area contributed by atoms with Crippen molar-refractivity contribution in [1.29, 1.82) is 0 Å². The fraction of sp³-hybridized carbons (Fsp3) is 0.647. The molecule has 0 aliphatic heterocycles. The highest BCUT2D eigenvalue weighted by molar-refractivity contribution is 5.30. The van der Waals surface area contributed by atoms with E-state index in [2.05, 4.69) is 31.2 Å². The number of aliphatic hydroxyl groups is 1. The van der Waals surface area contributed by atoms with Gasteiger partial charge in [-0.25, -0.2) is 0 Å². The molecule has 1 fully saturated rings. The highest BCUT2D eigenvalue weighted by Crippen LogP contribution is 2.37. The van der Waals surface area contributed by atoms with Gasteiger partial charge in [-0.1, -0.05) is 37.6 Å². The van der Waals surface area contributed by atoms with E-state index in [1.807, 2.05) is 0 Å². The van der Waals surface area contributed by atoms with Crippen LogP contribution in [0, 0.1) is 5.92 Å². The Kier molecular flexibility index (Phi) is 5.00. The zero-order valence-corrected chi connectivity index (χ0v) is 12.1. The van der Waals surface area contributed by atoms with Crippen LogP contribution in [0.2, 0.25) is 0 Å². The number of aliphatic hydroxyl groups excluding tert-OH is 1. The van der Waals surface area contributed by atoms with E-state index in [-0.39, 0.29) is 5.54 Å². The van der Waals surface area contributed by atoms with E-state index in [0.29, 0.717) is 12.5 Å². The smallest absolute Gasteiger partial charge is 0.0459 e. The summed E-state index contributed by atoms with van der Waals surface area (Å²) in [6, 6.07) is 8.83. The Bertz CT molecular complexity index is 394. The Morgan fingerprint density at radius 2 is 2.05 bits per heavy atom. The number of aryl methyl sites for hydroxylation is 1. The summed E-state index contributed by atoms with van der Waals surface area (Å²) in [5.41, 5.74) is 9.14. The first kappa shape index (κ1) is 14.5. The quantitative estimate of drug-likeness (QED) is 0.853. The lowest BCUT2D eigenvalue weighted by Crippen LogP contribution is -2.41. The van der Waals surface area contributed by atoms with Crippen LogP contribution < -0.4 is 5.73 Å². The molecule has 0 amide bonds. The molecule has 1 saturated carbocycles. The Labute approximate surface area is 117 Å². The topological polar surface area (TPSA) is 46.2 Å². The zero-order chi connectivity index (χ0) is 13.7.